The molecule has 0 aliphatic carbocycles. The Morgan fingerprint density at radius 2 is 1.90 bits per heavy atom. The lowest BCUT2D eigenvalue weighted by molar-refractivity contribution is 0.416. The highest BCUT2D eigenvalue weighted by Gasteiger charge is 2.09. The van der Waals surface area contributed by atoms with Gasteiger partial charge in [0.25, 0.3) is 0 Å². The first-order valence-corrected chi connectivity index (χ1v) is 9.15. The standard InChI is InChI=1S/C22H20FN5O/c1-14-13-24-22(25-14)18-9-5-15(11-19(18)29-2)6-10-20-26-21(28-27-20)12-16-3-7-17(23)8-4-16/h3-11,13H,12H2,1-2H3,(H,24,25)(H,26,27,28). The molecule has 2 heterocycles. The number of nitrogens with one attached hydrogen (secondary N) is 2. The van der Waals surface area contributed by atoms with E-state index in [9.17, 15) is 4.39 Å². The lowest BCUT2D eigenvalue weighted by atomic mass is 10.1. The Labute approximate surface area is 167 Å². The molecule has 4 rings (SSSR count). The molecule has 2 N–H and O–H groups in total. The number of aryl methyl sites for hydroxylation is 1. The number of methoxy groups -OCH3 is 1. The van der Waals surface area contributed by atoms with Crippen molar-refractivity contribution in [3.8, 4) is 17.1 Å². The lowest BCUT2D eigenvalue weighted by Crippen LogP contribution is -1.91. The number of halogens is 1. The predicted molar refractivity (Wildman–Crippen MR) is 110 cm³/mol. The van der Waals surface area contributed by atoms with Gasteiger partial charge < -0.3 is 14.7 Å². The van der Waals surface area contributed by atoms with Gasteiger partial charge in [0.2, 0.25) is 0 Å². The van der Waals surface area contributed by atoms with Crippen LogP contribution in [-0.4, -0.2) is 32.3 Å². The van der Waals surface area contributed by atoms with Crippen LogP contribution in [0, 0.1) is 12.7 Å². The third kappa shape index (κ3) is 4.40. The molecule has 0 fully saturated rings. The van der Waals surface area contributed by atoms with Gasteiger partial charge in [-0.15, -0.1) is 10.2 Å². The van der Waals surface area contributed by atoms with E-state index < -0.39 is 0 Å². The van der Waals surface area contributed by atoms with E-state index in [0.717, 1.165) is 39.8 Å². The van der Waals surface area contributed by atoms with Crippen LogP contribution in [0.2, 0.25) is 0 Å². The summed E-state index contributed by atoms with van der Waals surface area (Å²) in [6.45, 7) is 1.94. The SMILES string of the molecule is COc1cc(C=Cc2nnc(Cc3ccc(F)cc3)[nH]2)ccc1-c1nc(C)c[nH]1. The highest BCUT2D eigenvalue weighted by Crippen LogP contribution is 2.29. The van der Waals surface area contributed by atoms with Crippen molar-refractivity contribution in [2.45, 2.75) is 13.3 Å². The molecule has 0 aliphatic rings. The maximum Gasteiger partial charge on any atom is 0.154 e. The van der Waals surface area contributed by atoms with E-state index in [1.807, 2.05) is 43.5 Å². The monoisotopic (exact) mass is 389 g/mol. The first-order chi connectivity index (χ1) is 14.1. The third-order valence-corrected chi connectivity index (χ3v) is 4.46. The van der Waals surface area contributed by atoms with Crippen molar-refractivity contribution in [3.05, 3.63) is 82.9 Å². The minimum atomic E-state index is -0.251. The zero-order valence-electron chi connectivity index (χ0n) is 16.1. The van der Waals surface area contributed by atoms with Crippen LogP contribution < -0.4 is 4.74 Å². The molecule has 0 bridgehead atoms. The summed E-state index contributed by atoms with van der Waals surface area (Å²) in [6, 6.07) is 12.3. The maximum absolute atomic E-state index is 13.0. The molecule has 146 valence electrons. The van der Waals surface area contributed by atoms with Crippen LogP contribution in [0.15, 0.2) is 48.7 Å². The fourth-order valence-electron chi connectivity index (χ4n) is 3.00. The Morgan fingerprint density at radius 3 is 2.62 bits per heavy atom. The van der Waals surface area contributed by atoms with Crippen molar-refractivity contribution in [3.63, 3.8) is 0 Å². The van der Waals surface area contributed by atoms with Crippen LogP contribution in [0.5, 0.6) is 5.75 Å². The van der Waals surface area contributed by atoms with Gasteiger partial charge in [-0.1, -0.05) is 24.3 Å². The van der Waals surface area contributed by atoms with Crippen molar-refractivity contribution in [1.82, 2.24) is 25.1 Å². The fourth-order valence-corrected chi connectivity index (χ4v) is 3.00. The predicted octanol–water partition coefficient (Wildman–Crippen LogP) is 4.41. The van der Waals surface area contributed by atoms with Crippen molar-refractivity contribution >= 4 is 12.2 Å². The molecule has 6 nitrogen and oxygen atoms in total. The number of rotatable bonds is 6. The van der Waals surface area contributed by atoms with Crippen LogP contribution in [0.1, 0.15) is 28.5 Å². The Kier molecular flexibility index (Phi) is 5.20. The average Bonchev–Trinajstić information content (AvgIpc) is 3.36. The summed E-state index contributed by atoms with van der Waals surface area (Å²) in [6.07, 6.45) is 6.21. The number of imidazole rings is 1. The zero-order valence-corrected chi connectivity index (χ0v) is 16.1. The Morgan fingerprint density at radius 1 is 1.07 bits per heavy atom. The summed E-state index contributed by atoms with van der Waals surface area (Å²) in [5.41, 5.74) is 3.75. The number of hydrogen-bond donors (Lipinski definition) is 2. The van der Waals surface area contributed by atoms with Crippen LogP contribution in [0.25, 0.3) is 23.5 Å². The van der Waals surface area contributed by atoms with Crippen LogP contribution >= 0.6 is 0 Å². The quantitative estimate of drug-likeness (QED) is 0.512. The lowest BCUT2D eigenvalue weighted by Gasteiger charge is -2.07. The third-order valence-electron chi connectivity index (χ3n) is 4.46. The number of benzene rings is 2. The Bertz CT molecular complexity index is 1140. The minimum absolute atomic E-state index is 0.251. The molecule has 0 saturated carbocycles. The van der Waals surface area contributed by atoms with Crippen molar-refractivity contribution in [2.24, 2.45) is 0 Å². The average molecular weight is 389 g/mol. The summed E-state index contributed by atoms with van der Waals surface area (Å²) in [5, 5.41) is 8.29. The van der Waals surface area contributed by atoms with E-state index in [2.05, 4.69) is 25.1 Å². The van der Waals surface area contributed by atoms with Crippen molar-refractivity contribution < 1.29 is 9.13 Å². The second kappa shape index (κ2) is 8.10. The molecule has 4 aromatic rings. The van der Waals surface area contributed by atoms with Crippen molar-refractivity contribution in [1.29, 1.82) is 0 Å². The number of hydrogen-bond acceptors (Lipinski definition) is 4. The van der Waals surface area contributed by atoms with E-state index in [-0.39, 0.29) is 5.82 Å². The topological polar surface area (TPSA) is 79.5 Å². The van der Waals surface area contributed by atoms with Gasteiger partial charge in [0.15, 0.2) is 5.82 Å². The van der Waals surface area contributed by atoms with E-state index in [1.165, 1.54) is 12.1 Å². The Hall–Kier alpha value is -3.74. The molecule has 0 unspecified atom stereocenters. The number of aromatic amines is 2. The summed E-state index contributed by atoms with van der Waals surface area (Å²) in [5.74, 6) is 2.62. The van der Waals surface area contributed by atoms with E-state index in [1.54, 1.807) is 19.2 Å². The maximum atomic E-state index is 13.0. The molecule has 0 aliphatic heterocycles. The van der Waals surface area contributed by atoms with E-state index in [0.29, 0.717) is 12.2 Å². The highest BCUT2D eigenvalue weighted by molar-refractivity contribution is 5.72. The van der Waals surface area contributed by atoms with E-state index >= 15 is 0 Å². The van der Waals surface area contributed by atoms with Gasteiger partial charge in [-0.05, 0) is 48.4 Å². The normalized spacial score (nSPS) is 11.3. The number of ether oxygens (including phenoxy) is 1. The second-order valence-corrected chi connectivity index (χ2v) is 6.64. The molecule has 2 aromatic carbocycles. The molecule has 0 amide bonds. The molecule has 2 aromatic heterocycles. The molecule has 0 atom stereocenters. The molecule has 29 heavy (non-hydrogen) atoms. The van der Waals surface area contributed by atoms with Gasteiger partial charge >= 0.3 is 0 Å². The second-order valence-electron chi connectivity index (χ2n) is 6.64. The smallest absolute Gasteiger partial charge is 0.154 e. The number of aromatic nitrogens is 5. The fraction of sp³-hybridized carbons (Fsp3) is 0.136. The highest BCUT2D eigenvalue weighted by atomic mass is 19.1. The Balaban J connectivity index is 1.49. The van der Waals surface area contributed by atoms with Crippen molar-refractivity contribution in [2.75, 3.05) is 7.11 Å². The van der Waals surface area contributed by atoms with Crippen LogP contribution in [0.3, 0.4) is 0 Å². The van der Waals surface area contributed by atoms with Gasteiger partial charge in [0.05, 0.1) is 18.4 Å². The summed E-state index contributed by atoms with van der Waals surface area (Å²) < 4.78 is 18.5. The minimum Gasteiger partial charge on any atom is -0.496 e. The van der Waals surface area contributed by atoms with Gasteiger partial charge in [-0.3, -0.25) is 0 Å². The van der Waals surface area contributed by atoms with Gasteiger partial charge in [0.1, 0.15) is 23.2 Å². The number of H-pyrrole nitrogens is 2. The van der Waals surface area contributed by atoms with Crippen LogP contribution in [0.4, 0.5) is 4.39 Å². The zero-order chi connectivity index (χ0) is 20.2. The largest absolute Gasteiger partial charge is 0.496 e. The molecule has 0 radical (unpaired) electrons. The van der Waals surface area contributed by atoms with Gasteiger partial charge in [-0.25, -0.2) is 9.37 Å². The molecule has 0 saturated heterocycles. The van der Waals surface area contributed by atoms with Crippen LogP contribution in [-0.2, 0) is 6.42 Å². The molecule has 7 heteroatoms. The number of nitrogens with zero attached hydrogens (tertiary/aromatic N) is 3. The summed E-state index contributed by atoms with van der Waals surface area (Å²) >= 11 is 0. The molecular formula is C22H20FN5O. The summed E-state index contributed by atoms with van der Waals surface area (Å²) in [4.78, 5) is 10.8. The van der Waals surface area contributed by atoms with E-state index in [4.69, 9.17) is 4.74 Å². The van der Waals surface area contributed by atoms with Gasteiger partial charge in [-0.2, -0.15) is 0 Å². The first-order valence-electron chi connectivity index (χ1n) is 9.15. The van der Waals surface area contributed by atoms with Gasteiger partial charge in [0, 0.05) is 12.6 Å². The summed E-state index contributed by atoms with van der Waals surface area (Å²) in [7, 11) is 1.64. The molecular weight excluding hydrogens is 369 g/mol. The first kappa shape index (κ1) is 18.6. The molecule has 0 spiro atoms.